The summed E-state index contributed by atoms with van der Waals surface area (Å²) in [7, 11) is 0. The molecule has 1 radical (unpaired) electrons. The van der Waals surface area contributed by atoms with Crippen molar-refractivity contribution in [3.05, 3.63) is 29.8 Å². The molecule has 1 aliphatic rings. The highest BCUT2D eigenvalue weighted by Crippen LogP contribution is 2.45. The van der Waals surface area contributed by atoms with Crippen LogP contribution in [-0.4, -0.2) is 26.7 Å². The summed E-state index contributed by atoms with van der Waals surface area (Å²) in [6.45, 7) is 1.86. The first-order valence-corrected chi connectivity index (χ1v) is 9.45. The summed E-state index contributed by atoms with van der Waals surface area (Å²) in [5, 5.41) is 30.0. The normalized spacial score (nSPS) is 15.4. The van der Waals surface area contributed by atoms with Crippen LogP contribution < -0.4 is 5.32 Å². The van der Waals surface area contributed by atoms with E-state index in [0.717, 1.165) is 21.7 Å². The van der Waals surface area contributed by atoms with Crippen LogP contribution in [0.25, 0.3) is 21.1 Å². The maximum Gasteiger partial charge on any atom is 0.218 e. The van der Waals surface area contributed by atoms with E-state index in [4.69, 9.17) is 0 Å². The van der Waals surface area contributed by atoms with Gasteiger partial charge in [0.15, 0.2) is 0 Å². The number of benzene rings is 1. The zero-order chi connectivity index (χ0) is 17.2. The predicted molar refractivity (Wildman–Crippen MR) is 98.3 cm³/mol. The maximum absolute atomic E-state index is 12.5. The van der Waals surface area contributed by atoms with E-state index in [1.54, 1.807) is 0 Å². The molecule has 4 rings (SSSR count). The number of aromatic nitrogens is 4. The summed E-state index contributed by atoms with van der Waals surface area (Å²) < 4.78 is 0. The number of tetrazole rings is 1. The number of hydrogen-bond donors (Lipinski definition) is 2. The molecule has 7 heteroatoms. The van der Waals surface area contributed by atoms with Gasteiger partial charge in [-0.2, -0.15) is 5.21 Å². The molecule has 1 aliphatic carbocycles. The topological polar surface area (TPSA) is 86.4 Å². The van der Waals surface area contributed by atoms with Crippen molar-refractivity contribution in [1.29, 1.82) is 0 Å². The fourth-order valence-corrected chi connectivity index (χ4v) is 4.53. The molecule has 0 aliphatic heterocycles. The minimum Gasteiger partial charge on any atom is -0.382 e. The lowest BCUT2D eigenvalue weighted by atomic mass is 9.95. The van der Waals surface area contributed by atoms with Crippen molar-refractivity contribution in [3.8, 4) is 26.9 Å². The first-order chi connectivity index (χ1) is 12.2. The molecule has 0 bridgehead atoms. The molecule has 0 amide bonds. The van der Waals surface area contributed by atoms with Gasteiger partial charge in [0.1, 0.15) is 4.88 Å². The number of thiophene rings is 1. The van der Waals surface area contributed by atoms with Gasteiger partial charge in [0, 0.05) is 22.2 Å². The largest absolute Gasteiger partial charge is 0.382 e. The molecule has 1 saturated carbocycles. The van der Waals surface area contributed by atoms with E-state index in [9.17, 15) is 5.11 Å². The lowest BCUT2D eigenvalue weighted by Crippen LogP contribution is -2.22. The van der Waals surface area contributed by atoms with Crippen LogP contribution in [0.5, 0.6) is 5.75 Å². The lowest BCUT2D eigenvalue weighted by molar-refractivity contribution is 0.355. The SMILES string of the molecule is Cc1c(-c2cccc(NC3CCCCC3)c2)sc(-c2nn[nH]n2)c1[O]. The van der Waals surface area contributed by atoms with Gasteiger partial charge in [0.05, 0.1) is 0 Å². The summed E-state index contributed by atoms with van der Waals surface area (Å²) >= 11 is 1.43. The molecule has 2 aromatic heterocycles. The van der Waals surface area contributed by atoms with E-state index >= 15 is 0 Å². The fraction of sp³-hybridized carbons (Fsp3) is 0.389. The molecule has 0 saturated heterocycles. The van der Waals surface area contributed by atoms with E-state index in [1.807, 2.05) is 19.1 Å². The van der Waals surface area contributed by atoms with Gasteiger partial charge < -0.3 is 5.32 Å². The Hall–Kier alpha value is -2.41. The van der Waals surface area contributed by atoms with Gasteiger partial charge in [0.2, 0.25) is 11.6 Å². The quantitative estimate of drug-likeness (QED) is 0.705. The summed E-state index contributed by atoms with van der Waals surface area (Å²) in [5.41, 5.74) is 2.90. The van der Waals surface area contributed by atoms with Crippen molar-refractivity contribution >= 4 is 17.0 Å². The molecule has 1 fully saturated rings. The van der Waals surface area contributed by atoms with Crippen molar-refractivity contribution < 1.29 is 5.11 Å². The summed E-state index contributed by atoms with van der Waals surface area (Å²) in [5.74, 6) is 0.341. The minimum atomic E-state index is -0.0213. The second-order valence-corrected chi connectivity index (χ2v) is 7.53. The Bertz CT molecular complexity index is 852. The number of hydrogen-bond acceptors (Lipinski definition) is 5. The van der Waals surface area contributed by atoms with Gasteiger partial charge in [-0.05, 0) is 42.7 Å². The molecule has 0 atom stereocenters. The third-order valence-corrected chi connectivity index (χ3v) is 6.06. The molecule has 129 valence electrons. The van der Waals surface area contributed by atoms with Crippen LogP contribution in [0, 0.1) is 6.92 Å². The third kappa shape index (κ3) is 3.24. The van der Waals surface area contributed by atoms with E-state index in [1.165, 1.54) is 43.4 Å². The minimum absolute atomic E-state index is 0.0213. The van der Waals surface area contributed by atoms with Gasteiger partial charge in [-0.1, -0.05) is 31.4 Å². The van der Waals surface area contributed by atoms with Gasteiger partial charge in [-0.25, -0.2) is 0 Å². The van der Waals surface area contributed by atoms with Crippen LogP contribution in [0.3, 0.4) is 0 Å². The van der Waals surface area contributed by atoms with Gasteiger partial charge in [0.25, 0.3) is 0 Å². The van der Waals surface area contributed by atoms with Crippen molar-refractivity contribution in [2.45, 2.75) is 45.1 Å². The van der Waals surface area contributed by atoms with Crippen molar-refractivity contribution in [2.75, 3.05) is 5.32 Å². The number of nitrogens with zero attached hydrogens (tertiary/aromatic N) is 3. The number of rotatable bonds is 4. The third-order valence-electron chi connectivity index (χ3n) is 4.74. The molecule has 25 heavy (non-hydrogen) atoms. The lowest BCUT2D eigenvalue weighted by Gasteiger charge is -2.24. The molecular formula is C18H20N5OS. The number of H-pyrrole nitrogens is 1. The highest BCUT2D eigenvalue weighted by Gasteiger charge is 2.21. The number of aromatic amines is 1. The van der Waals surface area contributed by atoms with E-state index in [2.05, 4.69) is 38.1 Å². The van der Waals surface area contributed by atoms with Gasteiger partial charge in [-0.15, -0.1) is 21.5 Å². The van der Waals surface area contributed by atoms with Crippen LogP contribution in [-0.2, 0) is 5.11 Å². The summed E-state index contributed by atoms with van der Waals surface area (Å²) in [6, 6.07) is 8.87. The predicted octanol–water partition coefficient (Wildman–Crippen LogP) is 4.79. The highest BCUT2D eigenvalue weighted by atomic mass is 32.1. The zero-order valence-electron chi connectivity index (χ0n) is 14.1. The molecule has 2 N–H and O–H groups in total. The Morgan fingerprint density at radius 1 is 1.20 bits per heavy atom. The first-order valence-electron chi connectivity index (χ1n) is 8.63. The highest BCUT2D eigenvalue weighted by molar-refractivity contribution is 7.19. The summed E-state index contributed by atoms with van der Waals surface area (Å²) in [6.07, 6.45) is 6.41. The molecule has 3 aromatic rings. The number of nitrogens with one attached hydrogen (secondary N) is 2. The molecule has 0 spiro atoms. The van der Waals surface area contributed by atoms with Crippen LogP contribution >= 0.6 is 11.3 Å². The number of anilines is 1. The molecule has 0 unspecified atom stereocenters. The van der Waals surface area contributed by atoms with Gasteiger partial charge in [-0.3, -0.25) is 5.11 Å². The second-order valence-electron chi connectivity index (χ2n) is 6.51. The summed E-state index contributed by atoms with van der Waals surface area (Å²) in [4.78, 5) is 1.50. The average molecular weight is 354 g/mol. The van der Waals surface area contributed by atoms with Crippen molar-refractivity contribution in [1.82, 2.24) is 20.6 Å². The van der Waals surface area contributed by atoms with E-state index in [-0.39, 0.29) is 5.75 Å². The standard InChI is InChI=1S/C18H20N5OS/c1-11-15(24)17(18-20-22-23-21-18)25-16(11)12-6-5-9-14(10-12)19-13-7-3-2-4-8-13/h5-6,9-10,13,19H,2-4,7-8H2,1H3,(H,20,21,22,23). The molecular weight excluding hydrogens is 334 g/mol. The maximum atomic E-state index is 12.5. The second kappa shape index (κ2) is 6.84. The Morgan fingerprint density at radius 2 is 2.04 bits per heavy atom. The van der Waals surface area contributed by atoms with Crippen LogP contribution in [0.1, 0.15) is 37.7 Å². The van der Waals surface area contributed by atoms with Crippen LogP contribution in [0.15, 0.2) is 24.3 Å². The molecule has 6 nitrogen and oxygen atoms in total. The molecule has 2 heterocycles. The fourth-order valence-electron chi connectivity index (χ4n) is 3.41. The molecule has 1 aromatic carbocycles. The van der Waals surface area contributed by atoms with E-state index in [0.29, 0.717) is 16.7 Å². The van der Waals surface area contributed by atoms with Crippen LogP contribution in [0.2, 0.25) is 0 Å². The Morgan fingerprint density at radius 3 is 2.80 bits per heavy atom. The van der Waals surface area contributed by atoms with Crippen LogP contribution in [0.4, 0.5) is 5.69 Å². The Kier molecular flexibility index (Phi) is 4.40. The monoisotopic (exact) mass is 354 g/mol. The van der Waals surface area contributed by atoms with Gasteiger partial charge >= 0.3 is 0 Å². The van der Waals surface area contributed by atoms with E-state index < -0.39 is 0 Å². The Labute approximate surface area is 150 Å². The average Bonchev–Trinajstić information content (AvgIpc) is 3.26. The van der Waals surface area contributed by atoms with Crippen molar-refractivity contribution in [2.24, 2.45) is 0 Å². The van der Waals surface area contributed by atoms with Crippen molar-refractivity contribution in [3.63, 3.8) is 0 Å². The first kappa shape index (κ1) is 16.1. The Balaban J connectivity index is 1.64. The smallest absolute Gasteiger partial charge is 0.218 e. The zero-order valence-corrected chi connectivity index (χ0v) is 14.9.